The number of tetrazole rings is 1. The minimum Gasteiger partial charge on any atom is -0.487 e. The number of nitro groups is 1. The zero-order valence-corrected chi connectivity index (χ0v) is 16.8. The van der Waals surface area contributed by atoms with Crippen LogP contribution in [0.5, 0.6) is 5.75 Å². The van der Waals surface area contributed by atoms with Gasteiger partial charge in [0.15, 0.2) is 5.82 Å². The van der Waals surface area contributed by atoms with Gasteiger partial charge in [-0.3, -0.25) is 10.1 Å². The van der Waals surface area contributed by atoms with E-state index in [-0.39, 0.29) is 5.69 Å². The Kier molecular flexibility index (Phi) is 5.60. The Morgan fingerprint density at radius 1 is 1.00 bits per heavy atom. The van der Waals surface area contributed by atoms with Crippen LogP contribution in [0.3, 0.4) is 0 Å². The standard InChI is InChI=1S/C20H13Cl2N5O3/c21-16-10-17(22)19(30-12-13-4-2-1-3-5-13)11-18(16)26-20(23-24-25-26)14-6-8-15(9-7-14)27(28)29/h1-11H,12H2. The van der Waals surface area contributed by atoms with Crippen molar-refractivity contribution in [3.05, 3.63) is 92.5 Å². The van der Waals surface area contributed by atoms with E-state index < -0.39 is 4.92 Å². The van der Waals surface area contributed by atoms with Crippen LogP contribution in [0.1, 0.15) is 5.56 Å². The molecule has 0 saturated carbocycles. The number of hydrogen-bond donors (Lipinski definition) is 0. The number of rotatable bonds is 6. The van der Waals surface area contributed by atoms with E-state index in [0.29, 0.717) is 39.5 Å². The lowest BCUT2D eigenvalue weighted by molar-refractivity contribution is -0.384. The Labute approximate surface area is 180 Å². The molecule has 0 aliphatic heterocycles. The van der Waals surface area contributed by atoms with Gasteiger partial charge in [-0.05, 0) is 34.2 Å². The van der Waals surface area contributed by atoms with E-state index in [1.165, 1.54) is 16.8 Å². The number of halogens is 2. The number of ether oxygens (including phenoxy) is 1. The quantitative estimate of drug-likeness (QED) is 0.304. The maximum absolute atomic E-state index is 10.9. The molecule has 0 N–H and O–H groups in total. The molecule has 1 aromatic heterocycles. The van der Waals surface area contributed by atoms with Crippen molar-refractivity contribution in [2.75, 3.05) is 0 Å². The van der Waals surface area contributed by atoms with Crippen LogP contribution >= 0.6 is 23.2 Å². The average Bonchev–Trinajstić information content (AvgIpc) is 3.23. The Bertz CT molecular complexity index is 1200. The summed E-state index contributed by atoms with van der Waals surface area (Å²) in [5.41, 5.74) is 2.00. The predicted molar refractivity (Wildman–Crippen MR) is 112 cm³/mol. The summed E-state index contributed by atoms with van der Waals surface area (Å²) in [4.78, 5) is 10.4. The van der Waals surface area contributed by atoms with Gasteiger partial charge >= 0.3 is 0 Å². The van der Waals surface area contributed by atoms with E-state index in [1.54, 1.807) is 24.3 Å². The molecule has 10 heteroatoms. The Morgan fingerprint density at radius 2 is 1.73 bits per heavy atom. The third-order valence-electron chi connectivity index (χ3n) is 4.27. The molecule has 0 fully saturated rings. The van der Waals surface area contributed by atoms with E-state index in [0.717, 1.165) is 5.56 Å². The van der Waals surface area contributed by atoms with Gasteiger partial charge < -0.3 is 4.74 Å². The molecule has 1 heterocycles. The maximum atomic E-state index is 10.9. The predicted octanol–water partition coefficient (Wildman–Crippen LogP) is 5.12. The normalized spacial score (nSPS) is 10.7. The summed E-state index contributed by atoms with van der Waals surface area (Å²) >= 11 is 12.7. The van der Waals surface area contributed by atoms with Crippen LogP contribution in [-0.4, -0.2) is 25.1 Å². The number of nitro benzene ring substituents is 1. The van der Waals surface area contributed by atoms with Crippen molar-refractivity contribution in [1.82, 2.24) is 20.2 Å². The second-order valence-corrected chi connectivity index (χ2v) is 7.04. The van der Waals surface area contributed by atoms with Gasteiger partial charge in [-0.15, -0.1) is 5.10 Å². The fraction of sp³-hybridized carbons (Fsp3) is 0.0500. The molecule has 8 nitrogen and oxygen atoms in total. The zero-order chi connectivity index (χ0) is 21.1. The fourth-order valence-electron chi connectivity index (χ4n) is 2.79. The highest BCUT2D eigenvalue weighted by molar-refractivity contribution is 6.36. The van der Waals surface area contributed by atoms with Crippen molar-refractivity contribution in [2.45, 2.75) is 6.61 Å². The summed E-state index contributed by atoms with van der Waals surface area (Å²) in [6.07, 6.45) is 0. The van der Waals surface area contributed by atoms with Gasteiger partial charge in [0.25, 0.3) is 5.69 Å². The lowest BCUT2D eigenvalue weighted by atomic mass is 10.2. The Hall–Kier alpha value is -3.49. The minimum atomic E-state index is -0.473. The van der Waals surface area contributed by atoms with Crippen LogP contribution in [0.25, 0.3) is 17.1 Å². The van der Waals surface area contributed by atoms with Gasteiger partial charge in [0.2, 0.25) is 0 Å². The topological polar surface area (TPSA) is 96.0 Å². The largest absolute Gasteiger partial charge is 0.487 e. The van der Waals surface area contributed by atoms with Crippen LogP contribution in [0.4, 0.5) is 5.69 Å². The molecule has 150 valence electrons. The summed E-state index contributed by atoms with van der Waals surface area (Å²) in [6.45, 7) is 0.326. The highest BCUT2D eigenvalue weighted by Crippen LogP contribution is 2.35. The molecule has 30 heavy (non-hydrogen) atoms. The van der Waals surface area contributed by atoms with E-state index in [4.69, 9.17) is 27.9 Å². The summed E-state index contributed by atoms with van der Waals surface area (Å²) in [5, 5.41) is 23.3. The second-order valence-electron chi connectivity index (χ2n) is 6.23. The first-order chi connectivity index (χ1) is 14.5. The number of benzene rings is 3. The number of hydrogen-bond acceptors (Lipinski definition) is 6. The summed E-state index contributed by atoms with van der Waals surface area (Å²) in [5.74, 6) is 0.785. The molecule has 0 aliphatic rings. The smallest absolute Gasteiger partial charge is 0.269 e. The van der Waals surface area contributed by atoms with E-state index in [1.807, 2.05) is 30.3 Å². The Morgan fingerprint density at radius 3 is 2.43 bits per heavy atom. The van der Waals surface area contributed by atoms with Gasteiger partial charge in [0, 0.05) is 23.8 Å². The molecule has 4 aromatic rings. The van der Waals surface area contributed by atoms with Crippen LogP contribution < -0.4 is 4.74 Å². The first kappa shape index (κ1) is 19.8. The molecule has 0 unspecified atom stereocenters. The third kappa shape index (κ3) is 4.10. The second kappa shape index (κ2) is 8.48. The molecule has 0 saturated heterocycles. The lowest BCUT2D eigenvalue weighted by Gasteiger charge is -2.12. The summed E-state index contributed by atoms with van der Waals surface area (Å²) in [6, 6.07) is 18.8. The van der Waals surface area contributed by atoms with Crippen molar-refractivity contribution in [2.24, 2.45) is 0 Å². The maximum Gasteiger partial charge on any atom is 0.269 e. The van der Waals surface area contributed by atoms with Crippen molar-refractivity contribution >= 4 is 28.9 Å². The van der Waals surface area contributed by atoms with E-state index in [2.05, 4.69) is 15.5 Å². The van der Waals surface area contributed by atoms with Crippen LogP contribution in [-0.2, 0) is 6.61 Å². The van der Waals surface area contributed by atoms with Crippen molar-refractivity contribution in [3.8, 4) is 22.8 Å². The Balaban J connectivity index is 1.68. The summed E-state index contributed by atoms with van der Waals surface area (Å²) < 4.78 is 7.28. The van der Waals surface area contributed by atoms with Crippen LogP contribution in [0.2, 0.25) is 10.0 Å². The highest BCUT2D eigenvalue weighted by Gasteiger charge is 2.17. The molecule has 0 radical (unpaired) electrons. The minimum absolute atomic E-state index is 0.0288. The summed E-state index contributed by atoms with van der Waals surface area (Å²) in [7, 11) is 0. The van der Waals surface area contributed by atoms with Gasteiger partial charge in [0.1, 0.15) is 12.4 Å². The molecular formula is C20H13Cl2N5O3. The average molecular weight is 442 g/mol. The lowest BCUT2D eigenvalue weighted by Crippen LogP contribution is -2.03. The van der Waals surface area contributed by atoms with Gasteiger partial charge in [-0.1, -0.05) is 53.5 Å². The van der Waals surface area contributed by atoms with Crippen molar-refractivity contribution in [1.29, 1.82) is 0 Å². The highest BCUT2D eigenvalue weighted by atomic mass is 35.5. The van der Waals surface area contributed by atoms with Crippen molar-refractivity contribution < 1.29 is 9.66 Å². The SMILES string of the molecule is O=[N+]([O-])c1ccc(-c2nnnn2-c2cc(OCc3ccccc3)c(Cl)cc2Cl)cc1. The van der Waals surface area contributed by atoms with E-state index in [9.17, 15) is 10.1 Å². The van der Waals surface area contributed by atoms with Gasteiger partial charge in [-0.2, -0.15) is 4.68 Å². The van der Waals surface area contributed by atoms with Gasteiger partial charge in [0.05, 0.1) is 20.7 Å². The van der Waals surface area contributed by atoms with Crippen molar-refractivity contribution in [3.63, 3.8) is 0 Å². The van der Waals surface area contributed by atoms with Crippen LogP contribution in [0.15, 0.2) is 66.7 Å². The number of non-ortho nitro benzene ring substituents is 1. The van der Waals surface area contributed by atoms with Gasteiger partial charge in [-0.25, -0.2) is 0 Å². The first-order valence-corrected chi connectivity index (χ1v) is 9.48. The molecular weight excluding hydrogens is 429 g/mol. The third-order valence-corrected chi connectivity index (χ3v) is 4.87. The first-order valence-electron chi connectivity index (χ1n) is 8.72. The zero-order valence-electron chi connectivity index (χ0n) is 15.3. The fourth-order valence-corrected chi connectivity index (χ4v) is 3.31. The molecule has 4 rings (SSSR count). The molecule has 3 aromatic carbocycles. The molecule has 0 spiro atoms. The number of nitrogens with zero attached hydrogens (tertiary/aromatic N) is 5. The van der Waals surface area contributed by atoms with Crippen LogP contribution in [0, 0.1) is 10.1 Å². The van der Waals surface area contributed by atoms with E-state index >= 15 is 0 Å². The number of aromatic nitrogens is 4. The molecule has 0 aliphatic carbocycles. The molecule has 0 amide bonds. The molecule has 0 bridgehead atoms. The molecule has 0 atom stereocenters. The monoisotopic (exact) mass is 441 g/mol.